The summed E-state index contributed by atoms with van der Waals surface area (Å²) in [6.45, 7) is 2.04. The van der Waals surface area contributed by atoms with Gasteiger partial charge in [-0.1, -0.05) is 43.2 Å². The highest BCUT2D eigenvalue weighted by Crippen LogP contribution is 2.33. The molecule has 1 fully saturated rings. The van der Waals surface area contributed by atoms with Gasteiger partial charge in [-0.15, -0.1) is 10.2 Å². The summed E-state index contributed by atoms with van der Waals surface area (Å²) in [4.78, 5) is 0. The van der Waals surface area contributed by atoms with Crippen LogP contribution < -0.4 is 0 Å². The molecule has 0 saturated heterocycles. The first-order valence-electron chi connectivity index (χ1n) is 7.81. The summed E-state index contributed by atoms with van der Waals surface area (Å²) in [5, 5.41) is 18.6. The Hall–Kier alpha value is -1.80. The molecule has 0 radical (unpaired) electrons. The molecular formula is C17H20N4S. The van der Waals surface area contributed by atoms with E-state index in [1.165, 1.54) is 32.1 Å². The number of nitrogens with zero attached hydrogens (tertiary/aromatic N) is 4. The average Bonchev–Trinajstić information content (AvgIpc) is 2.94. The van der Waals surface area contributed by atoms with Crippen molar-refractivity contribution in [1.29, 1.82) is 5.26 Å². The zero-order chi connectivity index (χ0) is 15.4. The molecule has 2 aromatic rings. The molecule has 3 rings (SSSR count). The van der Waals surface area contributed by atoms with E-state index in [0.29, 0.717) is 11.6 Å². The van der Waals surface area contributed by atoms with Crippen molar-refractivity contribution >= 4 is 11.8 Å². The first kappa shape index (κ1) is 15.1. The van der Waals surface area contributed by atoms with Crippen LogP contribution in [-0.2, 0) is 5.75 Å². The van der Waals surface area contributed by atoms with Gasteiger partial charge < -0.3 is 4.57 Å². The van der Waals surface area contributed by atoms with Crippen LogP contribution >= 0.6 is 11.8 Å². The zero-order valence-corrected chi connectivity index (χ0v) is 13.6. The van der Waals surface area contributed by atoms with Crippen molar-refractivity contribution in [2.24, 2.45) is 0 Å². The van der Waals surface area contributed by atoms with Gasteiger partial charge in [-0.3, -0.25) is 0 Å². The molecule has 0 spiro atoms. The summed E-state index contributed by atoms with van der Waals surface area (Å²) >= 11 is 1.71. The lowest BCUT2D eigenvalue weighted by molar-refractivity contribution is 0.332. The van der Waals surface area contributed by atoms with E-state index in [-0.39, 0.29) is 0 Å². The Bertz CT molecular complexity index is 680. The van der Waals surface area contributed by atoms with Crippen LogP contribution in [0.15, 0.2) is 29.4 Å². The fraction of sp³-hybridized carbons (Fsp3) is 0.471. The van der Waals surface area contributed by atoms with Crippen molar-refractivity contribution in [3.63, 3.8) is 0 Å². The number of aromatic nitrogens is 3. The monoisotopic (exact) mass is 312 g/mol. The minimum atomic E-state index is 0.552. The lowest BCUT2D eigenvalue weighted by Gasteiger charge is -2.25. The van der Waals surface area contributed by atoms with Gasteiger partial charge in [-0.25, -0.2) is 0 Å². The van der Waals surface area contributed by atoms with E-state index in [4.69, 9.17) is 5.26 Å². The Morgan fingerprint density at radius 1 is 1.27 bits per heavy atom. The van der Waals surface area contributed by atoms with Crippen LogP contribution in [-0.4, -0.2) is 14.8 Å². The highest BCUT2D eigenvalue weighted by Gasteiger charge is 2.21. The van der Waals surface area contributed by atoms with Gasteiger partial charge in [0.2, 0.25) is 0 Å². The highest BCUT2D eigenvalue weighted by molar-refractivity contribution is 7.98. The third kappa shape index (κ3) is 3.33. The van der Waals surface area contributed by atoms with E-state index in [1.807, 2.05) is 25.1 Å². The van der Waals surface area contributed by atoms with Gasteiger partial charge >= 0.3 is 0 Å². The molecule has 0 bridgehead atoms. The van der Waals surface area contributed by atoms with E-state index < -0.39 is 0 Å². The van der Waals surface area contributed by atoms with Crippen molar-refractivity contribution in [1.82, 2.24) is 14.8 Å². The molecule has 1 aliphatic rings. The summed E-state index contributed by atoms with van der Waals surface area (Å²) < 4.78 is 2.32. The van der Waals surface area contributed by atoms with Crippen LogP contribution in [0.2, 0.25) is 0 Å². The van der Waals surface area contributed by atoms with Crippen molar-refractivity contribution in [3.05, 3.63) is 41.2 Å². The van der Waals surface area contributed by atoms with E-state index in [2.05, 4.69) is 26.9 Å². The fourth-order valence-electron chi connectivity index (χ4n) is 3.09. The number of aryl methyl sites for hydroxylation is 1. The second-order valence-electron chi connectivity index (χ2n) is 5.79. The Morgan fingerprint density at radius 2 is 2.09 bits per heavy atom. The lowest BCUT2D eigenvalue weighted by atomic mass is 9.95. The molecule has 0 unspecified atom stereocenters. The third-order valence-electron chi connectivity index (χ3n) is 4.20. The maximum atomic E-state index is 8.98. The summed E-state index contributed by atoms with van der Waals surface area (Å²) in [5.41, 5.74) is 1.86. The van der Waals surface area contributed by atoms with E-state index >= 15 is 0 Å². The van der Waals surface area contributed by atoms with Crippen LogP contribution in [0.5, 0.6) is 0 Å². The lowest BCUT2D eigenvalue weighted by Crippen LogP contribution is -2.15. The molecule has 22 heavy (non-hydrogen) atoms. The number of nitriles is 1. The Kier molecular flexibility index (Phi) is 4.79. The number of rotatable bonds is 4. The van der Waals surface area contributed by atoms with Gasteiger partial charge in [0.05, 0.1) is 11.6 Å². The minimum Gasteiger partial charge on any atom is -0.303 e. The van der Waals surface area contributed by atoms with Crippen LogP contribution in [0.1, 0.15) is 55.1 Å². The maximum absolute atomic E-state index is 8.98. The molecule has 1 aliphatic carbocycles. The molecule has 0 N–H and O–H groups in total. The average molecular weight is 312 g/mol. The predicted octanol–water partition coefficient (Wildman–Crippen LogP) is 4.26. The molecule has 1 saturated carbocycles. The number of hydrogen-bond donors (Lipinski definition) is 0. The van der Waals surface area contributed by atoms with Gasteiger partial charge in [-0.2, -0.15) is 5.26 Å². The SMILES string of the molecule is Cc1nnc(SCc2cccc(C#N)c2)n1C1CCCCC1. The van der Waals surface area contributed by atoms with Crippen molar-refractivity contribution in [2.45, 2.75) is 56.0 Å². The van der Waals surface area contributed by atoms with Crippen LogP contribution in [0.4, 0.5) is 0 Å². The van der Waals surface area contributed by atoms with Crippen molar-refractivity contribution in [3.8, 4) is 6.07 Å². The summed E-state index contributed by atoms with van der Waals surface area (Å²) in [6.07, 6.45) is 6.42. The first-order valence-corrected chi connectivity index (χ1v) is 8.80. The van der Waals surface area contributed by atoms with Crippen molar-refractivity contribution in [2.75, 3.05) is 0 Å². The Balaban J connectivity index is 1.74. The molecule has 114 valence electrons. The molecule has 0 amide bonds. The predicted molar refractivity (Wildman–Crippen MR) is 87.6 cm³/mol. The second-order valence-corrected chi connectivity index (χ2v) is 6.73. The normalized spacial score (nSPS) is 15.6. The molecular weight excluding hydrogens is 292 g/mol. The third-order valence-corrected chi connectivity index (χ3v) is 5.21. The van der Waals surface area contributed by atoms with Gasteiger partial charge in [0.15, 0.2) is 5.16 Å². The number of benzene rings is 1. The largest absolute Gasteiger partial charge is 0.303 e. The molecule has 1 aromatic heterocycles. The van der Waals surface area contributed by atoms with Crippen LogP contribution in [0, 0.1) is 18.3 Å². The topological polar surface area (TPSA) is 54.5 Å². The highest BCUT2D eigenvalue weighted by atomic mass is 32.2. The molecule has 5 heteroatoms. The number of hydrogen-bond acceptors (Lipinski definition) is 4. The molecule has 0 aliphatic heterocycles. The molecule has 4 nitrogen and oxygen atoms in total. The van der Waals surface area contributed by atoms with Crippen molar-refractivity contribution < 1.29 is 0 Å². The van der Waals surface area contributed by atoms with E-state index in [0.717, 1.165) is 22.3 Å². The summed E-state index contributed by atoms with van der Waals surface area (Å²) in [7, 11) is 0. The second kappa shape index (κ2) is 6.97. The number of thioether (sulfide) groups is 1. The van der Waals surface area contributed by atoms with Crippen LogP contribution in [0.25, 0.3) is 0 Å². The minimum absolute atomic E-state index is 0.552. The van der Waals surface area contributed by atoms with E-state index in [1.54, 1.807) is 11.8 Å². The molecule has 0 atom stereocenters. The standard InChI is InChI=1S/C17H20N4S/c1-13-19-20-17(21(13)16-8-3-2-4-9-16)22-12-15-7-5-6-14(10-15)11-18/h5-7,10,16H,2-4,8-9,12H2,1H3. The molecule has 1 aromatic carbocycles. The smallest absolute Gasteiger partial charge is 0.191 e. The summed E-state index contributed by atoms with van der Waals surface area (Å²) in [5.74, 6) is 1.83. The van der Waals surface area contributed by atoms with Gasteiger partial charge in [0, 0.05) is 11.8 Å². The quantitative estimate of drug-likeness (QED) is 0.792. The summed E-state index contributed by atoms with van der Waals surface area (Å²) in [6, 6.07) is 10.5. The van der Waals surface area contributed by atoms with Gasteiger partial charge in [0.1, 0.15) is 5.82 Å². The maximum Gasteiger partial charge on any atom is 0.191 e. The first-order chi connectivity index (χ1) is 10.8. The van der Waals surface area contributed by atoms with Crippen LogP contribution in [0.3, 0.4) is 0 Å². The van der Waals surface area contributed by atoms with E-state index in [9.17, 15) is 0 Å². The fourth-order valence-corrected chi connectivity index (χ4v) is 4.08. The Labute approximate surface area is 135 Å². The molecule has 1 heterocycles. The zero-order valence-electron chi connectivity index (χ0n) is 12.8. The Morgan fingerprint density at radius 3 is 2.86 bits per heavy atom. The van der Waals surface area contributed by atoms with Gasteiger partial charge in [0.25, 0.3) is 0 Å². The van der Waals surface area contributed by atoms with Gasteiger partial charge in [-0.05, 0) is 37.5 Å².